The highest BCUT2D eigenvalue weighted by molar-refractivity contribution is 5.93. The van der Waals surface area contributed by atoms with Crippen LogP contribution in [-0.2, 0) is 0 Å². The Morgan fingerprint density at radius 3 is 2.60 bits per heavy atom. The van der Waals surface area contributed by atoms with Gasteiger partial charge in [-0.15, -0.1) is 0 Å². The van der Waals surface area contributed by atoms with Crippen LogP contribution in [0.4, 0.5) is 0 Å². The van der Waals surface area contributed by atoms with Crippen LogP contribution < -0.4 is 11.1 Å². The molecule has 0 aliphatic heterocycles. The number of pyridine rings is 1. The van der Waals surface area contributed by atoms with E-state index in [9.17, 15) is 9.59 Å². The zero-order valence-electron chi connectivity index (χ0n) is 10.3. The molecule has 3 aromatic rings. The molecule has 0 radical (unpaired) electrons. The lowest BCUT2D eigenvalue weighted by Gasteiger charge is -2.07. The second kappa shape index (κ2) is 3.81. The van der Waals surface area contributed by atoms with Crippen molar-refractivity contribution in [3.05, 3.63) is 75.0 Å². The molecule has 2 heterocycles. The topological polar surface area (TPSA) is 63.1 Å². The van der Waals surface area contributed by atoms with Gasteiger partial charge >= 0.3 is 5.63 Å². The van der Waals surface area contributed by atoms with Crippen molar-refractivity contribution in [2.75, 3.05) is 0 Å². The number of H-pyrrole nitrogens is 1. The predicted octanol–water partition coefficient (Wildman–Crippen LogP) is 2.59. The van der Waals surface area contributed by atoms with E-state index in [1.165, 1.54) is 0 Å². The summed E-state index contributed by atoms with van der Waals surface area (Å²) in [5.74, 6) is 0.468. The van der Waals surface area contributed by atoms with Crippen molar-refractivity contribution < 1.29 is 4.42 Å². The fourth-order valence-electron chi connectivity index (χ4n) is 2.38. The molecule has 0 saturated carbocycles. The molecule has 96 valence electrons. The van der Waals surface area contributed by atoms with E-state index in [1.807, 2.05) is 30.4 Å². The number of para-hydroxylation sites is 1. The van der Waals surface area contributed by atoms with Gasteiger partial charge in [-0.25, -0.2) is 4.79 Å². The van der Waals surface area contributed by atoms with Gasteiger partial charge in [0, 0.05) is 22.5 Å². The Bertz CT molecular complexity index is 1030. The summed E-state index contributed by atoms with van der Waals surface area (Å²) in [6, 6.07) is 8.81. The van der Waals surface area contributed by atoms with Gasteiger partial charge in [0.15, 0.2) is 0 Å². The number of fused-ring (bicyclic) bond motifs is 2. The maximum atomic E-state index is 12.4. The zero-order valence-corrected chi connectivity index (χ0v) is 10.3. The first kappa shape index (κ1) is 11.0. The fourth-order valence-corrected chi connectivity index (χ4v) is 2.38. The summed E-state index contributed by atoms with van der Waals surface area (Å²) in [5, 5.41) is 0.555. The second-order valence-corrected chi connectivity index (χ2v) is 4.67. The second-order valence-electron chi connectivity index (χ2n) is 4.67. The van der Waals surface area contributed by atoms with Gasteiger partial charge in [-0.1, -0.05) is 30.4 Å². The van der Waals surface area contributed by atoms with Crippen LogP contribution in [-0.4, -0.2) is 4.98 Å². The van der Waals surface area contributed by atoms with E-state index in [-0.39, 0.29) is 10.8 Å². The molecule has 4 rings (SSSR count). The first-order chi connectivity index (χ1) is 9.74. The summed E-state index contributed by atoms with van der Waals surface area (Å²) in [5.41, 5.74) is 1.15. The predicted molar refractivity (Wildman–Crippen MR) is 77.7 cm³/mol. The Labute approximate surface area is 112 Å². The smallest absolute Gasteiger partial charge is 0.349 e. The molecule has 0 saturated heterocycles. The van der Waals surface area contributed by atoms with Crippen molar-refractivity contribution >= 4 is 27.4 Å². The standard InChI is InChI=1S/C16H9NO3/c18-15-10-6-1-2-7-11(10)17-12-8-13(9-4-3-5-9)20-16(19)14(12)15/h1-8H,(H,17,18). The molecule has 0 unspecified atom stereocenters. The molecular formula is C16H9NO3. The lowest BCUT2D eigenvalue weighted by molar-refractivity contribution is 0.506. The Hall–Kier alpha value is -2.88. The Balaban J connectivity index is 2.17. The molecule has 4 nitrogen and oxygen atoms in total. The van der Waals surface area contributed by atoms with Gasteiger partial charge in [0.2, 0.25) is 5.43 Å². The van der Waals surface area contributed by atoms with Crippen LogP contribution in [0.25, 0.3) is 27.4 Å². The minimum absolute atomic E-state index is 0.0661. The van der Waals surface area contributed by atoms with E-state index in [2.05, 4.69) is 4.98 Å². The molecule has 20 heavy (non-hydrogen) atoms. The maximum Gasteiger partial charge on any atom is 0.349 e. The van der Waals surface area contributed by atoms with Crippen molar-refractivity contribution in [1.29, 1.82) is 0 Å². The lowest BCUT2D eigenvalue weighted by Crippen LogP contribution is -2.15. The van der Waals surface area contributed by atoms with Crippen molar-refractivity contribution in [2.45, 2.75) is 0 Å². The molecule has 0 bridgehead atoms. The number of rotatable bonds is 1. The summed E-state index contributed by atoms with van der Waals surface area (Å²) in [4.78, 5) is 27.6. The SMILES string of the molecule is O=c1oc(C2=CC=C2)cc2[nH]c3ccccc3c(=O)c12. The molecule has 1 aromatic carbocycles. The quantitative estimate of drug-likeness (QED) is 0.686. The highest BCUT2D eigenvalue weighted by Gasteiger charge is 2.14. The van der Waals surface area contributed by atoms with Gasteiger partial charge in [-0.3, -0.25) is 4.79 Å². The van der Waals surface area contributed by atoms with E-state index >= 15 is 0 Å². The normalized spacial score (nSPS) is 13.5. The van der Waals surface area contributed by atoms with Crippen molar-refractivity contribution in [2.24, 2.45) is 0 Å². The van der Waals surface area contributed by atoms with E-state index in [4.69, 9.17) is 4.42 Å². The zero-order chi connectivity index (χ0) is 13.7. The minimum atomic E-state index is -0.606. The molecule has 0 spiro atoms. The van der Waals surface area contributed by atoms with Crippen LogP contribution in [0.15, 0.2) is 62.6 Å². The molecule has 1 N–H and O–H groups in total. The van der Waals surface area contributed by atoms with Crippen LogP contribution in [0.5, 0.6) is 0 Å². The molecule has 0 fully saturated rings. The number of hydrogen-bond donors (Lipinski definition) is 1. The molecule has 1 aliphatic rings. The Kier molecular flexibility index (Phi) is 2.09. The van der Waals surface area contributed by atoms with Crippen LogP contribution in [0, 0.1) is 0 Å². The van der Waals surface area contributed by atoms with Crippen molar-refractivity contribution in [3.63, 3.8) is 0 Å². The van der Waals surface area contributed by atoms with E-state index in [1.54, 1.807) is 18.2 Å². The number of hydrogen-bond acceptors (Lipinski definition) is 3. The van der Waals surface area contributed by atoms with Crippen LogP contribution in [0.1, 0.15) is 5.76 Å². The van der Waals surface area contributed by atoms with Crippen molar-refractivity contribution in [3.8, 4) is 0 Å². The summed E-state index contributed by atoms with van der Waals surface area (Å²) in [6.07, 6.45) is 5.56. The summed E-state index contributed by atoms with van der Waals surface area (Å²) >= 11 is 0. The van der Waals surface area contributed by atoms with E-state index in [0.29, 0.717) is 22.2 Å². The summed E-state index contributed by atoms with van der Waals surface area (Å²) in [7, 11) is 0. The van der Waals surface area contributed by atoms with Gasteiger partial charge in [-0.05, 0) is 12.1 Å². The minimum Gasteiger partial charge on any atom is -0.422 e. The van der Waals surface area contributed by atoms with Gasteiger partial charge < -0.3 is 9.40 Å². The molecular weight excluding hydrogens is 254 g/mol. The number of allylic oxidation sites excluding steroid dienone is 4. The monoisotopic (exact) mass is 263 g/mol. The van der Waals surface area contributed by atoms with Crippen LogP contribution >= 0.6 is 0 Å². The van der Waals surface area contributed by atoms with Crippen LogP contribution in [0.2, 0.25) is 0 Å². The summed E-state index contributed by atoms with van der Waals surface area (Å²) in [6.45, 7) is 0. The molecule has 1 aliphatic carbocycles. The Morgan fingerprint density at radius 2 is 1.85 bits per heavy atom. The molecule has 0 amide bonds. The first-order valence-corrected chi connectivity index (χ1v) is 6.22. The third-order valence-corrected chi connectivity index (χ3v) is 3.46. The lowest BCUT2D eigenvalue weighted by atomic mass is 10.0. The van der Waals surface area contributed by atoms with Gasteiger partial charge in [-0.2, -0.15) is 0 Å². The largest absolute Gasteiger partial charge is 0.422 e. The van der Waals surface area contributed by atoms with Gasteiger partial charge in [0.1, 0.15) is 11.1 Å². The Morgan fingerprint density at radius 1 is 1.05 bits per heavy atom. The number of nitrogens with one attached hydrogen (secondary N) is 1. The van der Waals surface area contributed by atoms with E-state index < -0.39 is 5.63 Å². The maximum absolute atomic E-state index is 12.4. The molecule has 0 atom stereocenters. The first-order valence-electron chi connectivity index (χ1n) is 6.22. The highest BCUT2D eigenvalue weighted by Crippen LogP contribution is 2.23. The van der Waals surface area contributed by atoms with E-state index in [0.717, 1.165) is 5.57 Å². The number of aromatic nitrogens is 1. The third kappa shape index (κ3) is 1.42. The third-order valence-electron chi connectivity index (χ3n) is 3.46. The van der Waals surface area contributed by atoms with Crippen LogP contribution in [0.3, 0.4) is 0 Å². The molecule has 2 aromatic heterocycles. The van der Waals surface area contributed by atoms with Gasteiger partial charge in [0.25, 0.3) is 0 Å². The van der Waals surface area contributed by atoms with Crippen molar-refractivity contribution in [1.82, 2.24) is 4.98 Å². The molecule has 4 heteroatoms. The summed E-state index contributed by atoms with van der Waals surface area (Å²) < 4.78 is 5.23. The fraction of sp³-hybridized carbons (Fsp3) is 0. The number of aromatic amines is 1. The highest BCUT2D eigenvalue weighted by atomic mass is 16.4. The average Bonchev–Trinajstić information content (AvgIpc) is 2.36. The number of benzene rings is 1. The van der Waals surface area contributed by atoms with Gasteiger partial charge in [0.05, 0.1) is 5.52 Å². The average molecular weight is 263 g/mol.